The van der Waals surface area contributed by atoms with E-state index in [1.807, 2.05) is 0 Å². The predicted molar refractivity (Wildman–Crippen MR) is 61.7 cm³/mol. The van der Waals surface area contributed by atoms with Crippen molar-refractivity contribution in [3.63, 3.8) is 0 Å². The smallest absolute Gasteiger partial charge is 0.336 e. The van der Waals surface area contributed by atoms with Crippen LogP contribution < -0.4 is 0 Å². The third-order valence-electron chi connectivity index (χ3n) is 1.78. The van der Waals surface area contributed by atoms with Crippen LogP contribution in [0.1, 0.15) is 10.4 Å². The molecular formula is C10H6BrNO3S. The van der Waals surface area contributed by atoms with Crippen molar-refractivity contribution in [3.8, 4) is 0 Å². The van der Waals surface area contributed by atoms with E-state index in [1.54, 1.807) is 12.1 Å². The summed E-state index contributed by atoms with van der Waals surface area (Å²) in [6.45, 7) is 0. The summed E-state index contributed by atoms with van der Waals surface area (Å²) in [5, 5.41) is 9.42. The first-order valence-electron chi connectivity index (χ1n) is 4.27. The Bertz CT molecular complexity index is 513. The molecule has 0 saturated carbocycles. The molecule has 82 valence electrons. The zero-order chi connectivity index (χ0) is 11.5. The van der Waals surface area contributed by atoms with Gasteiger partial charge in [-0.1, -0.05) is 15.9 Å². The Morgan fingerprint density at radius 1 is 1.50 bits per heavy atom. The third-order valence-corrected chi connectivity index (χ3v) is 3.21. The second-order valence-electron chi connectivity index (χ2n) is 2.85. The van der Waals surface area contributed by atoms with Crippen LogP contribution in [0.2, 0.25) is 0 Å². The lowest BCUT2D eigenvalue weighted by atomic mass is 10.2. The number of rotatable bonds is 3. The molecule has 0 aliphatic rings. The van der Waals surface area contributed by atoms with Crippen molar-refractivity contribution in [2.24, 2.45) is 0 Å². The van der Waals surface area contributed by atoms with Crippen LogP contribution in [-0.4, -0.2) is 16.1 Å². The van der Waals surface area contributed by atoms with Gasteiger partial charge in [0.1, 0.15) is 6.26 Å². The topological polar surface area (TPSA) is 63.3 Å². The number of carboxylic acid groups (broad SMARTS) is 1. The molecule has 16 heavy (non-hydrogen) atoms. The number of benzene rings is 1. The van der Waals surface area contributed by atoms with Crippen LogP contribution in [0.3, 0.4) is 0 Å². The molecule has 2 rings (SSSR count). The van der Waals surface area contributed by atoms with Gasteiger partial charge in [-0.25, -0.2) is 9.78 Å². The SMILES string of the molecule is O=C(O)c1ccc(Br)cc1Sc1ncco1. The van der Waals surface area contributed by atoms with Gasteiger partial charge < -0.3 is 9.52 Å². The molecule has 0 aliphatic carbocycles. The lowest BCUT2D eigenvalue weighted by molar-refractivity contribution is 0.0693. The first-order chi connectivity index (χ1) is 7.66. The van der Waals surface area contributed by atoms with E-state index in [2.05, 4.69) is 20.9 Å². The number of aromatic carboxylic acids is 1. The summed E-state index contributed by atoms with van der Waals surface area (Å²) in [6.07, 6.45) is 2.96. The fourth-order valence-electron chi connectivity index (χ4n) is 1.11. The maximum atomic E-state index is 11.0. The molecule has 0 spiro atoms. The Hall–Kier alpha value is -1.27. The fraction of sp³-hybridized carbons (Fsp3) is 0. The van der Waals surface area contributed by atoms with E-state index in [0.717, 1.165) is 4.47 Å². The molecule has 2 aromatic rings. The van der Waals surface area contributed by atoms with E-state index in [4.69, 9.17) is 9.52 Å². The molecule has 0 amide bonds. The summed E-state index contributed by atoms with van der Waals surface area (Å²) >= 11 is 4.47. The van der Waals surface area contributed by atoms with Gasteiger partial charge in [0.15, 0.2) is 0 Å². The maximum Gasteiger partial charge on any atom is 0.336 e. The standard InChI is InChI=1S/C10H6BrNO3S/c11-6-1-2-7(9(13)14)8(5-6)16-10-12-3-4-15-10/h1-5H,(H,13,14). The summed E-state index contributed by atoms with van der Waals surface area (Å²) in [5.41, 5.74) is 0.228. The van der Waals surface area contributed by atoms with Crippen LogP contribution in [-0.2, 0) is 0 Å². The van der Waals surface area contributed by atoms with Gasteiger partial charge in [-0.3, -0.25) is 0 Å². The molecule has 4 nitrogen and oxygen atoms in total. The molecule has 0 fully saturated rings. The maximum absolute atomic E-state index is 11.0. The first kappa shape index (κ1) is 11.2. The lowest BCUT2D eigenvalue weighted by Crippen LogP contribution is -1.98. The van der Waals surface area contributed by atoms with Crippen molar-refractivity contribution in [2.75, 3.05) is 0 Å². The predicted octanol–water partition coefficient (Wildman–Crippen LogP) is 3.29. The number of hydrogen-bond acceptors (Lipinski definition) is 4. The van der Waals surface area contributed by atoms with Crippen molar-refractivity contribution < 1.29 is 14.3 Å². The van der Waals surface area contributed by atoms with Gasteiger partial charge in [0.2, 0.25) is 0 Å². The Balaban J connectivity index is 2.38. The Labute approximate surface area is 104 Å². The van der Waals surface area contributed by atoms with Crippen molar-refractivity contribution in [3.05, 3.63) is 40.7 Å². The molecule has 0 unspecified atom stereocenters. The molecule has 0 saturated heterocycles. The highest BCUT2D eigenvalue weighted by atomic mass is 79.9. The molecule has 0 atom stereocenters. The molecule has 1 aromatic carbocycles. The van der Waals surface area contributed by atoms with Gasteiger partial charge in [-0.2, -0.15) is 0 Å². The summed E-state index contributed by atoms with van der Waals surface area (Å²) in [4.78, 5) is 15.5. The minimum atomic E-state index is -0.971. The summed E-state index contributed by atoms with van der Waals surface area (Å²) < 4.78 is 5.87. The quantitative estimate of drug-likeness (QED) is 0.942. The van der Waals surface area contributed by atoms with Crippen LogP contribution in [0, 0.1) is 0 Å². The minimum absolute atomic E-state index is 0.228. The van der Waals surface area contributed by atoms with Gasteiger partial charge in [0, 0.05) is 9.37 Å². The molecule has 1 aromatic heterocycles. The largest absolute Gasteiger partial charge is 0.478 e. The minimum Gasteiger partial charge on any atom is -0.478 e. The lowest BCUT2D eigenvalue weighted by Gasteiger charge is -2.03. The van der Waals surface area contributed by atoms with Crippen molar-refractivity contribution in [1.29, 1.82) is 0 Å². The molecule has 0 radical (unpaired) electrons. The molecule has 0 aliphatic heterocycles. The monoisotopic (exact) mass is 299 g/mol. The zero-order valence-electron chi connectivity index (χ0n) is 7.88. The number of oxazole rings is 1. The van der Waals surface area contributed by atoms with Crippen LogP contribution in [0.15, 0.2) is 49.7 Å². The zero-order valence-corrected chi connectivity index (χ0v) is 10.3. The van der Waals surface area contributed by atoms with Crippen LogP contribution >= 0.6 is 27.7 Å². The van der Waals surface area contributed by atoms with E-state index in [-0.39, 0.29) is 5.56 Å². The van der Waals surface area contributed by atoms with E-state index >= 15 is 0 Å². The second-order valence-corrected chi connectivity index (χ2v) is 4.75. The second kappa shape index (κ2) is 4.71. The van der Waals surface area contributed by atoms with E-state index in [0.29, 0.717) is 10.1 Å². The van der Waals surface area contributed by atoms with Gasteiger partial charge >= 0.3 is 5.97 Å². The number of hydrogen-bond donors (Lipinski definition) is 1. The van der Waals surface area contributed by atoms with Crippen molar-refractivity contribution >= 4 is 33.7 Å². The highest BCUT2D eigenvalue weighted by Crippen LogP contribution is 2.31. The average molecular weight is 300 g/mol. The van der Waals surface area contributed by atoms with Gasteiger partial charge in [0.25, 0.3) is 5.22 Å². The molecule has 6 heteroatoms. The highest BCUT2D eigenvalue weighted by molar-refractivity contribution is 9.10. The first-order valence-corrected chi connectivity index (χ1v) is 5.88. The molecule has 1 heterocycles. The summed E-state index contributed by atoms with van der Waals surface area (Å²) in [6, 6.07) is 4.94. The Morgan fingerprint density at radius 2 is 2.31 bits per heavy atom. The molecule has 0 bridgehead atoms. The number of carboxylic acids is 1. The summed E-state index contributed by atoms with van der Waals surface area (Å²) in [7, 11) is 0. The van der Waals surface area contributed by atoms with Crippen molar-refractivity contribution in [1.82, 2.24) is 4.98 Å². The van der Waals surface area contributed by atoms with Gasteiger partial charge in [-0.15, -0.1) is 0 Å². The Kier molecular flexibility index (Phi) is 3.31. The fourth-order valence-corrected chi connectivity index (χ4v) is 2.48. The number of nitrogens with zero attached hydrogens (tertiary/aromatic N) is 1. The Morgan fingerprint density at radius 3 is 2.94 bits per heavy atom. The third kappa shape index (κ3) is 2.45. The summed E-state index contributed by atoms with van der Waals surface area (Å²) in [5.74, 6) is -0.971. The van der Waals surface area contributed by atoms with Crippen LogP contribution in [0.4, 0.5) is 0 Å². The average Bonchev–Trinajstić information content (AvgIpc) is 2.70. The normalized spacial score (nSPS) is 10.3. The number of aromatic nitrogens is 1. The van der Waals surface area contributed by atoms with E-state index in [1.165, 1.54) is 30.3 Å². The number of carbonyl (C=O) groups is 1. The van der Waals surface area contributed by atoms with Crippen molar-refractivity contribution in [2.45, 2.75) is 10.1 Å². The molecular weight excluding hydrogens is 294 g/mol. The van der Waals surface area contributed by atoms with Crippen LogP contribution in [0.25, 0.3) is 0 Å². The van der Waals surface area contributed by atoms with E-state index in [9.17, 15) is 4.79 Å². The highest BCUT2D eigenvalue weighted by Gasteiger charge is 2.13. The molecule has 1 N–H and O–H groups in total. The van der Waals surface area contributed by atoms with Crippen LogP contribution in [0.5, 0.6) is 0 Å². The van der Waals surface area contributed by atoms with Gasteiger partial charge in [0.05, 0.1) is 11.8 Å². The van der Waals surface area contributed by atoms with E-state index < -0.39 is 5.97 Å². The number of halogens is 1. The van der Waals surface area contributed by atoms with Gasteiger partial charge in [-0.05, 0) is 30.0 Å².